The zero-order valence-corrected chi connectivity index (χ0v) is 23.2. The Morgan fingerprint density at radius 2 is 1.73 bits per heavy atom. The van der Waals surface area contributed by atoms with Crippen LogP contribution >= 0.6 is 11.6 Å². The molecule has 0 fully saturated rings. The first kappa shape index (κ1) is 31.8. The van der Waals surface area contributed by atoms with Crippen molar-refractivity contribution in [1.29, 1.82) is 5.41 Å². The number of anilines is 1. The molecule has 0 aliphatic heterocycles. The number of ether oxygens (including phenoxy) is 2. The van der Waals surface area contributed by atoms with Gasteiger partial charge in [0, 0.05) is 28.3 Å². The van der Waals surface area contributed by atoms with Crippen LogP contribution in [0.2, 0.25) is 5.02 Å². The third kappa shape index (κ3) is 8.84. The molecule has 0 saturated carbocycles. The summed E-state index contributed by atoms with van der Waals surface area (Å²) in [5, 5.41) is 12.6. The topological polar surface area (TPSA) is 224 Å². The lowest BCUT2D eigenvalue weighted by atomic mass is 10.1. The maximum absolute atomic E-state index is 12.9. The number of benzene rings is 2. The van der Waals surface area contributed by atoms with E-state index in [1.165, 1.54) is 37.3 Å². The Labute approximate surface area is 235 Å². The molecular weight excluding hydrogens is 568 g/mol. The highest BCUT2D eigenvalue weighted by molar-refractivity contribution is 7.93. The van der Waals surface area contributed by atoms with Crippen LogP contribution in [0.25, 0.3) is 0 Å². The van der Waals surface area contributed by atoms with Gasteiger partial charge in [-0.1, -0.05) is 23.7 Å². The quantitative estimate of drug-likeness (QED) is 0.125. The number of nitrogens with two attached hydrogens (primary N) is 2. The number of nitrogens with one attached hydrogen (secondary N) is 3. The highest BCUT2D eigenvalue weighted by atomic mass is 35.5. The molecule has 0 aromatic heterocycles. The molecule has 0 heterocycles. The molecule has 0 aliphatic rings. The summed E-state index contributed by atoms with van der Waals surface area (Å²) in [5.41, 5.74) is 11.2. The van der Waals surface area contributed by atoms with Crippen molar-refractivity contribution in [3.05, 3.63) is 58.1 Å². The molecule has 0 spiro atoms. The zero-order chi connectivity index (χ0) is 30.0. The van der Waals surface area contributed by atoms with Gasteiger partial charge in [-0.25, -0.2) is 13.2 Å². The predicted molar refractivity (Wildman–Crippen MR) is 147 cm³/mol. The van der Waals surface area contributed by atoms with E-state index in [0.717, 1.165) is 6.07 Å². The fourth-order valence-corrected chi connectivity index (χ4v) is 4.42. The van der Waals surface area contributed by atoms with Gasteiger partial charge < -0.3 is 31.6 Å². The molecule has 16 heteroatoms. The van der Waals surface area contributed by atoms with Gasteiger partial charge in [-0.15, -0.1) is 0 Å². The Morgan fingerprint density at radius 1 is 1.02 bits per heavy atom. The van der Waals surface area contributed by atoms with Crippen molar-refractivity contribution in [1.82, 2.24) is 10.6 Å². The number of carbonyl (C=O) groups excluding carboxylic acids is 4. The average molecular weight is 597 g/mol. The SMILES string of the molecule is CCOC(=O)CNC(=O)COc1cc(C(=N)N)ccc1CNC(=O)c1cc(Cl)cc(N(C(N)=O)S(=O)(=O)CC)c1. The number of urea groups is 1. The van der Waals surface area contributed by atoms with Gasteiger partial charge in [-0.2, -0.15) is 4.31 Å². The Balaban J connectivity index is 2.23. The van der Waals surface area contributed by atoms with Crippen LogP contribution < -0.4 is 31.1 Å². The van der Waals surface area contributed by atoms with Crippen LogP contribution in [-0.2, 0) is 30.9 Å². The van der Waals surface area contributed by atoms with Gasteiger partial charge in [-0.05, 0) is 38.1 Å². The zero-order valence-electron chi connectivity index (χ0n) is 21.7. The lowest BCUT2D eigenvalue weighted by Gasteiger charge is -2.20. The summed E-state index contributed by atoms with van der Waals surface area (Å²) in [6.45, 7) is 2.14. The van der Waals surface area contributed by atoms with Crippen LogP contribution in [0.15, 0.2) is 36.4 Å². The van der Waals surface area contributed by atoms with E-state index in [1.54, 1.807) is 6.92 Å². The summed E-state index contributed by atoms with van der Waals surface area (Å²) in [6.07, 6.45) is 0. The third-order valence-corrected chi connectivity index (χ3v) is 7.03. The molecule has 216 valence electrons. The number of halogens is 1. The minimum absolute atomic E-state index is 0.0242. The number of hydrogen-bond acceptors (Lipinski definition) is 9. The van der Waals surface area contributed by atoms with Crippen molar-refractivity contribution >= 4 is 57.0 Å². The number of nitrogen functional groups attached to an aromatic ring is 1. The number of primary amides is 1. The molecule has 2 aromatic rings. The molecule has 0 bridgehead atoms. The van der Waals surface area contributed by atoms with Crippen molar-refractivity contribution in [3.8, 4) is 5.75 Å². The number of carbonyl (C=O) groups is 4. The number of nitrogens with zero attached hydrogens (tertiary/aromatic N) is 1. The van der Waals surface area contributed by atoms with Crippen LogP contribution in [0.1, 0.15) is 35.3 Å². The van der Waals surface area contributed by atoms with E-state index in [0.29, 0.717) is 15.4 Å². The average Bonchev–Trinajstić information content (AvgIpc) is 2.88. The van der Waals surface area contributed by atoms with Gasteiger partial charge in [0.15, 0.2) is 6.61 Å². The maximum atomic E-state index is 12.9. The Kier molecular flexibility index (Phi) is 11.3. The molecule has 0 atom stereocenters. The summed E-state index contributed by atoms with van der Waals surface area (Å²) in [5.74, 6) is -2.49. The lowest BCUT2D eigenvalue weighted by molar-refractivity contribution is -0.143. The molecular formula is C24H29ClN6O8S. The van der Waals surface area contributed by atoms with Crippen LogP contribution in [0, 0.1) is 5.41 Å². The predicted octanol–water partition coefficient (Wildman–Crippen LogP) is 0.847. The lowest BCUT2D eigenvalue weighted by Crippen LogP contribution is -2.41. The van der Waals surface area contributed by atoms with Crippen molar-refractivity contribution in [2.45, 2.75) is 20.4 Å². The molecule has 40 heavy (non-hydrogen) atoms. The first-order chi connectivity index (χ1) is 18.8. The van der Waals surface area contributed by atoms with Crippen molar-refractivity contribution < 1.29 is 37.1 Å². The van der Waals surface area contributed by atoms with Gasteiger partial charge in [0.25, 0.3) is 11.8 Å². The van der Waals surface area contributed by atoms with Crippen molar-refractivity contribution in [2.24, 2.45) is 11.5 Å². The third-order valence-electron chi connectivity index (χ3n) is 5.13. The number of amides is 4. The van der Waals surface area contributed by atoms with Crippen LogP contribution in [0.4, 0.5) is 10.5 Å². The molecule has 0 saturated heterocycles. The number of rotatable bonds is 13. The normalized spacial score (nSPS) is 10.8. The first-order valence-electron chi connectivity index (χ1n) is 11.7. The van der Waals surface area contributed by atoms with Crippen LogP contribution in [0.5, 0.6) is 5.75 Å². The standard InChI is InChI=1S/C24H29ClN6O8S/c1-3-38-21(33)12-29-20(32)13-39-19-9-14(22(26)27)5-6-15(19)11-30-23(34)16-7-17(25)10-18(8-16)31(24(28)35)40(36,37)4-2/h5-10H,3-4,11-13H2,1-2H3,(H3,26,27)(H2,28,35)(H,29,32)(H,30,34). The van der Waals surface area contributed by atoms with Crippen molar-refractivity contribution in [2.75, 3.05) is 29.8 Å². The summed E-state index contributed by atoms with van der Waals surface area (Å²) in [4.78, 5) is 48.3. The Morgan fingerprint density at radius 3 is 2.33 bits per heavy atom. The molecule has 2 rings (SSSR count). The molecule has 4 amide bonds. The van der Waals surface area contributed by atoms with Crippen LogP contribution in [0.3, 0.4) is 0 Å². The smallest absolute Gasteiger partial charge is 0.333 e. The number of sulfonamides is 1. The molecule has 0 radical (unpaired) electrons. The second-order valence-electron chi connectivity index (χ2n) is 7.99. The highest BCUT2D eigenvalue weighted by Gasteiger charge is 2.27. The Bertz CT molecular complexity index is 1420. The molecule has 0 unspecified atom stereocenters. The monoisotopic (exact) mass is 596 g/mol. The fraction of sp³-hybridized carbons (Fsp3) is 0.292. The van der Waals surface area contributed by atoms with E-state index in [2.05, 4.69) is 10.6 Å². The van der Waals surface area contributed by atoms with E-state index in [4.69, 9.17) is 38.0 Å². The van der Waals surface area contributed by atoms with E-state index in [1.807, 2.05) is 0 Å². The maximum Gasteiger partial charge on any atom is 0.333 e. The molecule has 7 N–H and O–H groups in total. The number of esters is 1. The minimum atomic E-state index is -4.10. The molecule has 0 aliphatic carbocycles. The van der Waals surface area contributed by atoms with Gasteiger partial charge in [0.2, 0.25) is 10.0 Å². The second kappa shape index (κ2) is 14.1. The molecule has 2 aromatic carbocycles. The van der Waals surface area contributed by atoms with Gasteiger partial charge in [0.1, 0.15) is 18.1 Å². The number of hydrogen-bond donors (Lipinski definition) is 5. The summed E-state index contributed by atoms with van der Waals surface area (Å²) < 4.78 is 35.4. The van der Waals surface area contributed by atoms with Gasteiger partial charge >= 0.3 is 12.0 Å². The first-order valence-corrected chi connectivity index (χ1v) is 13.7. The van der Waals surface area contributed by atoms with Crippen LogP contribution in [-0.4, -0.2) is 63.6 Å². The largest absolute Gasteiger partial charge is 0.483 e. The minimum Gasteiger partial charge on any atom is -0.483 e. The number of amidine groups is 1. The van der Waals surface area contributed by atoms with Crippen molar-refractivity contribution in [3.63, 3.8) is 0 Å². The van der Waals surface area contributed by atoms with E-state index in [9.17, 15) is 27.6 Å². The van der Waals surface area contributed by atoms with Gasteiger partial charge in [0.05, 0.1) is 18.0 Å². The summed E-state index contributed by atoms with van der Waals surface area (Å²) >= 11 is 6.09. The second-order valence-corrected chi connectivity index (χ2v) is 10.5. The fourth-order valence-electron chi connectivity index (χ4n) is 3.23. The van der Waals surface area contributed by atoms with Gasteiger partial charge in [-0.3, -0.25) is 19.8 Å². The summed E-state index contributed by atoms with van der Waals surface area (Å²) in [6, 6.07) is 6.75. The molecule has 14 nitrogen and oxygen atoms in total. The van der Waals surface area contributed by atoms with E-state index < -0.39 is 46.2 Å². The van der Waals surface area contributed by atoms with E-state index >= 15 is 0 Å². The summed E-state index contributed by atoms with van der Waals surface area (Å²) in [7, 11) is -4.10. The highest BCUT2D eigenvalue weighted by Crippen LogP contribution is 2.26. The van der Waals surface area contributed by atoms with E-state index in [-0.39, 0.29) is 47.6 Å². The Hall–Kier alpha value is -4.37.